The summed E-state index contributed by atoms with van der Waals surface area (Å²) in [6.07, 6.45) is -1.33. The lowest BCUT2D eigenvalue weighted by atomic mass is 10.1. The SMILES string of the molecule is Cc1ccc(COC(=O)C(O[C]=O)c2ccc([N+](=O)[O-])cc2)cc1. The summed E-state index contributed by atoms with van der Waals surface area (Å²) in [7, 11) is 0. The molecule has 1 radical (unpaired) electrons. The number of hydrogen-bond acceptors (Lipinski definition) is 6. The lowest BCUT2D eigenvalue weighted by molar-refractivity contribution is -0.384. The van der Waals surface area contributed by atoms with Crippen molar-refractivity contribution >= 4 is 18.1 Å². The highest BCUT2D eigenvalue weighted by Gasteiger charge is 2.25. The number of non-ortho nitro benzene ring substituents is 1. The Hall–Kier alpha value is -3.22. The van der Waals surface area contributed by atoms with E-state index in [1.54, 1.807) is 0 Å². The molecule has 2 aromatic carbocycles. The fourth-order valence-electron chi connectivity index (χ4n) is 1.99. The van der Waals surface area contributed by atoms with Gasteiger partial charge in [0, 0.05) is 17.7 Å². The van der Waals surface area contributed by atoms with E-state index in [1.165, 1.54) is 30.7 Å². The van der Waals surface area contributed by atoms with Gasteiger partial charge in [-0.3, -0.25) is 10.1 Å². The molecule has 0 heterocycles. The van der Waals surface area contributed by atoms with Gasteiger partial charge in [-0.25, -0.2) is 9.59 Å². The molecule has 2 rings (SSSR count). The average Bonchev–Trinajstić information content (AvgIpc) is 2.59. The summed E-state index contributed by atoms with van der Waals surface area (Å²) in [6.45, 7) is 3.16. The van der Waals surface area contributed by atoms with Crippen molar-refractivity contribution in [3.8, 4) is 0 Å². The van der Waals surface area contributed by atoms with E-state index in [0.717, 1.165) is 11.1 Å². The maximum absolute atomic E-state index is 12.1. The summed E-state index contributed by atoms with van der Waals surface area (Å²) in [4.78, 5) is 32.7. The van der Waals surface area contributed by atoms with E-state index in [1.807, 2.05) is 31.2 Å². The molecular weight excluding hydrogens is 314 g/mol. The van der Waals surface area contributed by atoms with Crippen molar-refractivity contribution in [2.24, 2.45) is 0 Å². The second-order valence-corrected chi connectivity index (χ2v) is 5.02. The van der Waals surface area contributed by atoms with Crippen LogP contribution >= 0.6 is 0 Å². The third kappa shape index (κ3) is 4.39. The van der Waals surface area contributed by atoms with Gasteiger partial charge in [-0.2, -0.15) is 0 Å². The summed E-state index contributed by atoms with van der Waals surface area (Å²) in [5, 5.41) is 10.6. The van der Waals surface area contributed by atoms with E-state index in [2.05, 4.69) is 4.74 Å². The summed E-state index contributed by atoms with van der Waals surface area (Å²) in [6, 6.07) is 12.5. The van der Waals surface area contributed by atoms with E-state index in [4.69, 9.17) is 4.74 Å². The van der Waals surface area contributed by atoms with Crippen LogP contribution in [0.4, 0.5) is 5.69 Å². The van der Waals surface area contributed by atoms with Crippen LogP contribution in [0, 0.1) is 17.0 Å². The zero-order valence-electron chi connectivity index (χ0n) is 12.8. The predicted octanol–water partition coefficient (Wildman–Crippen LogP) is 2.77. The van der Waals surface area contributed by atoms with Gasteiger partial charge < -0.3 is 9.47 Å². The van der Waals surface area contributed by atoms with Crippen molar-refractivity contribution in [2.45, 2.75) is 19.6 Å². The zero-order chi connectivity index (χ0) is 17.5. The highest BCUT2D eigenvalue weighted by molar-refractivity contribution is 5.78. The van der Waals surface area contributed by atoms with Crippen LogP contribution in [-0.2, 0) is 25.7 Å². The molecule has 123 valence electrons. The Kier molecular flexibility index (Phi) is 5.62. The van der Waals surface area contributed by atoms with Gasteiger partial charge in [0.1, 0.15) is 6.61 Å². The van der Waals surface area contributed by atoms with Crippen LogP contribution in [0.5, 0.6) is 0 Å². The van der Waals surface area contributed by atoms with Crippen molar-refractivity contribution in [3.63, 3.8) is 0 Å². The lowest BCUT2D eigenvalue weighted by Crippen LogP contribution is -2.18. The number of nitrogens with zero attached hydrogens (tertiary/aromatic N) is 1. The largest absolute Gasteiger partial charge is 0.458 e. The minimum Gasteiger partial charge on any atom is -0.458 e. The molecule has 0 spiro atoms. The first-order valence-electron chi connectivity index (χ1n) is 7.00. The molecule has 0 bridgehead atoms. The maximum atomic E-state index is 12.1. The van der Waals surface area contributed by atoms with E-state index < -0.39 is 17.0 Å². The number of esters is 1. The van der Waals surface area contributed by atoms with E-state index in [0.29, 0.717) is 0 Å². The molecule has 0 saturated heterocycles. The summed E-state index contributed by atoms with van der Waals surface area (Å²) in [5.74, 6) is -0.784. The molecule has 7 heteroatoms. The van der Waals surface area contributed by atoms with Gasteiger partial charge in [-0.05, 0) is 24.6 Å². The molecule has 1 unspecified atom stereocenters. The Balaban J connectivity index is 2.08. The third-order valence-corrected chi connectivity index (χ3v) is 3.29. The molecule has 0 aliphatic heterocycles. The quantitative estimate of drug-likeness (QED) is 0.440. The molecule has 1 atom stereocenters. The van der Waals surface area contributed by atoms with E-state index in [-0.39, 0.29) is 17.9 Å². The van der Waals surface area contributed by atoms with Crippen LogP contribution in [-0.4, -0.2) is 17.4 Å². The molecular formula is C17H14NO6. The normalized spacial score (nSPS) is 11.4. The molecule has 24 heavy (non-hydrogen) atoms. The molecule has 0 N–H and O–H groups in total. The number of carbonyl (C=O) groups is 1. The fraction of sp³-hybridized carbons (Fsp3) is 0.176. The van der Waals surface area contributed by atoms with Crippen LogP contribution < -0.4 is 0 Å². The number of aryl methyl sites for hydroxylation is 1. The van der Waals surface area contributed by atoms with Crippen molar-refractivity contribution in [1.82, 2.24) is 0 Å². The number of nitro benzene ring substituents is 1. The van der Waals surface area contributed by atoms with Crippen LogP contribution in [0.15, 0.2) is 48.5 Å². The fourth-order valence-corrected chi connectivity index (χ4v) is 1.99. The first-order valence-corrected chi connectivity index (χ1v) is 7.00. The van der Waals surface area contributed by atoms with Crippen LogP contribution in [0.25, 0.3) is 0 Å². The molecule has 0 aromatic heterocycles. The Morgan fingerprint density at radius 1 is 1.17 bits per heavy atom. The number of ether oxygens (including phenoxy) is 2. The number of rotatable bonds is 7. The van der Waals surface area contributed by atoms with Crippen LogP contribution in [0.1, 0.15) is 22.8 Å². The minimum atomic E-state index is -1.33. The molecule has 0 amide bonds. The first kappa shape index (κ1) is 17.1. The lowest BCUT2D eigenvalue weighted by Gasteiger charge is -2.14. The third-order valence-electron chi connectivity index (χ3n) is 3.29. The second-order valence-electron chi connectivity index (χ2n) is 5.02. The van der Waals surface area contributed by atoms with Gasteiger partial charge in [0.05, 0.1) is 4.92 Å². The monoisotopic (exact) mass is 328 g/mol. The van der Waals surface area contributed by atoms with Crippen molar-refractivity contribution < 1.29 is 24.0 Å². The molecule has 0 aliphatic carbocycles. The van der Waals surface area contributed by atoms with Crippen molar-refractivity contribution in [1.29, 1.82) is 0 Å². The Morgan fingerprint density at radius 3 is 2.33 bits per heavy atom. The Morgan fingerprint density at radius 2 is 1.79 bits per heavy atom. The van der Waals surface area contributed by atoms with Gasteiger partial charge in [-0.1, -0.05) is 29.8 Å². The smallest absolute Gasteiger partial charge is 0.418 e. The molecule has 0 fully saturated rings. The van der Waals surface area contributed by atoms with Gasteiger partial charge in [0.25, 0.3) is 5.69 Å². The van der Waals surface area contributed by atoms with Crippen molar-refractivity contribution in [2.75, 3.05) is 0 Å². The van der Waals surface area contributed by atoms with E-state index in [9.17, 15) is 19.7 Å². The zero-order valence-corrected chi connectivity index (χ0v) is 12.8. The van der Waals surface area contributed by atoms with Crippen LogP contribution in [0.3, 0.4) is 0 Å². The standard InChI is InChI=1S/C17H14NO6/c1-12-2-4-13(5-3-12)10-23-17(20)16(24-11-19)14-6-8-15(9-7-14)18(21)22/h2-9,16H,10H2,1H3. The van der Waals surface area contributed by atoms with E-state index >= 15 is 0 Å². The first-order chi connectivity index (χ1) is 11.5. The van der Waals surface area contributed by atoms with Gasteiger partial charge in [0.2, 0.25) is 6.10 Å². The summed E-state index contributed by atoms with van der Waals surface area (Å²) < 4.78 is 9.79. The molecule has 0 aliphatic rings. The maximum Gasteiger partial charge on any atom is 0.418 e. The Bertz CT molecular complexity index is 724. The number of nitro groups is 1. The van der Waals surface area contributed by atoms with Crippen molar-refractivity contribution in [3.05, 3.63) is 75.3 Å². The van der Waals surface area contributed by atoms with Crippen LogP contribution in [0.2, 0.25) is 0 Å². The summed E-state index contributed by atoms with van der Waals surface area (Å²) in [5.41, 5.74) is 1.98. The minimum absolute atomic E-state index is 0.0187. The topological polar surface area (TPSA) is 95.7 Å². The predicted molar refractivity (Wildman–Crippen MR) is 83.6 cm³/mol. The van der Waals surface area contributed by atoms with Gasteiger partial charge in [-0.15, -0.1) is 0 Å². The number of benzene rings is 2. The average molecular weight is 328 g/mol. The number of carbonyl (C=O) groups excluding carboxylic acids is 2. The number of hydrogen-bond donors (Lipinski definition) is 0. The molecule has 2 aromatic rings. The Labute approximate surface area is 138 Å². The second kappa shape index (κ2) is 7.87. The highest BCUT2D eigenvalue weighted by atomic mass is 16.6. The molecule has 0 saturated carbocycles. The molecule has 7 nitrogen and oxygen atoms in total. The van der Waals surface area contributed by atoms with Gasteiger partial charge >= 0.3 is 12.4 Å². The summed E-state index contributed by atoms with van der Waals surface area (Å²) >= 11 is 0. The van der Waals surface area contributed by atoms with Gasteiger partial charge in [0.15, 0.2) is 0 Å². The highest BCUT2D eigenvalue weighted by Crippen LogP contribution is 2.22.